The van der Waals surface area contributed by atoms with Crippen molar-refractivity contribution in [3.63, 3.8) is 0 Å². The number of hydrogen-bond donors (Lipinski definition) is 1. The second kappa shape index (κ2) is 9.27. The monoisotopic (exact) mass is 541 g/mol. The van der Waals surface area contributed by atoms with Crippen LogP contribution in [-0.4, -0.2) is 0 Å². The van der Waals surface area contributed by atoms with Gasteiger partial charge >= 0.3 is 0 Å². The molecule has 0 fully saturated rings. The molecule has 2 aliphatic rings. The van der Waals surface area contributed by atoms with Crippen LogP contribution < -0.4 is 5.32 Å². The normalized spacial score (nSPS) is 18.6. The van der Waals surface area contributed by atoms with Gasteiger partial charge in [0.15, 0.2) is 0 Å². The molecule has 2 aliphatic heterocycles. The molecule has 4 heteroatoms. The van der Waals surface area contributed by atoms with Gasteiger partial charge in [-0.15, -0.1) is 0 Å². The quantitative estimate of drug-likeness (QED) is 0.219. The molecule has 0 saturated carbocycles. The van der Waals surface area contributed by atoms with Crippen molar-refractivity contribution in [3.8, 4) is 0 Å². The number of fused-ring (bicyclic) bond motifs is 8. The van der Waals surface area contributed by atoms with E-state index in [4.69, 9.17) is 0 Å². The smallest absolute Gasteiger partial charge is 0.0997 e. The Labute approximate surface area is 235 Å². The molecule has 188 valence electrons. The third kappa shape index (κ3) is 3.89. The molecule has 0 aromatic heterocycles. The molecule has 6 aromatic rings. The van der Waals surface area contributed by atoms with E-state index in [9.17, 15) is 0 Å². The Morgan fingerprint density at radius 1 is 0.590 bits per heavy atom. The van der Waals surface area contributed by atoms with Gasteiger partial charge in [-0.05, 0) is 73.8 Å². The van der Waals surface area contributed by atoms with Crippen molar-refractivity contribution in [1.82, 2.24) is 5.32 Å². The van der Waals surface area contributed by atoms with Gasteiger partial charge in [0, 0.05) is 32.0 Å². The van der Waals surface area contributed by atoms with Crippen molar-refractivity contribution in [3.05, 3.63) is 132 Å². The van der Waals surface area contributed by atoms with Gasteiger partial charge < -0.3 is 0 Å². The minimum atomic E-state index is -0.206. The molecular formula is C35H24FNS2. The van der Waals surface area contributed by atoms with E-state index in [0.29, 0.717) is 6.42 Å². The predicted molar refractivity (Wildman–Crippen MR) is 163 cm³/mol. The lowest BCUT2D eigenvalue weighted by molar-refractivity contribution is 0.404. The van der Waals surface area contributed by atoms with Gasteiger partial charge in [0.25, 0.3) is 0 Å². The van der Waals surface area contributed by atoms with Gasteiger partial charge in [-0.1, -0.05) is 108 Å². The van der Waals surface area contributed by atoms with Crippen LogP contribution in [0.2, 0.25) is 0 Å². The van der Waals surface area contributed by atoms with E-state index in [0.717, 1.165) is 5.56 Å². The first-order valence-corrected chi connectivity index (χ1v) is 14.9. The lowest BCUT2D eigenvalue weighted by Crippen LogP contribution is -2.29. The number of halogens is 1. The summed E-state index contributed by atoms with van der Waals surface area (Å²) in [5.41, 5.74) is 2.25. The fraction of sp³-hybridized carbons (Fsp3) is 0.0857. The van der Waals surface area contributed by atoms with Crippen LogP contribution in [0, 0.1) is 0 Å². The highest BCUT2D eigenvalue weighted by Crippen LogP contribution is 2.51. The van der Waals surface area contributed by atoms with E-state index in [1.54, 1.807) is 29.6 Å². The highest BCUT2D eigenvalue weighted by atomic mass is 32.2. The maximum absolute atomic E-state index is 15.3. The third-order valence-electron chi connectivity index (χ3n) is 7.92. The maximum Gasteiger partial charge on any atom is 0.0997 e. The summed E-state index contributed by atoms with van der Waals surface area (Å²) in [6, 6.07) is 38.5. The largest absolute Gasteiger partial charge is 0.299 e. The average molecular weight is 542 g/mol. The van der Waals surface area contributed by atoms with Crippen molar-refractivity contribution in [2.45, 2.75) is 38.1 Å². The summed E-state index contributed by atoms with van der Waals surface area (Å²) in [7, 11) is 0. The summed E-state index contributed by atoms with van der Waals surface area (Å²) in [4.78, 5) is 5.03. The Bertz CT molecular complexity index is 1930. The summed E-state index contributed by atoms with van der Waals surface area (Å²) >= 11 is 3.61. The van der Waals surface area contributed by atoms with Crippen molar-refractivity contribution in [2.75, 3.05) is 0 Å². The van der Waals surface area contributed by atoms with E-state index in [1.165, 1.54) is 57.5 Å². The van der Waals surface area contributed by atoms with E-state index in [-0.39, 0.29) is 17.9 Å². The Morgan fingerprint density at radius 2 is 1.18 bits per heavy atom. The molecule has 39 heavy (non-hydrogen) atoms. The van der Waals surface area contributed by atoms with Crippen molar-refractivity contribution in [1.29, 1.82) is 0 Å². The second-order valence-electron chi connectivity index (χ2n) is 10.2. The van der Waals surface area contributed by atoms with Crippen molar-refractivity contribution >= 4 is 55.8 Å². The number of hydrogen-bond acceptors (Lipinski definition) is 3. The molecule has 8 rings (SSSR count). The van der Waals surface area contributed by atoms with Gasteiger partial charge in [0.2, 0.25) is 0 Å². The fourth-order valence-corrected chi connectivity index (χ4v) is 8.56. The zero-order valence-electron chi connectivity index (χ0n) is 21.0. The maximum atomic E-state index is 15.3. The van der Waals surface area contributed by atoms with Crippen LogP contribution in [0.1, 0.15) is 29.6 Å². The molecule has 2 unspecified atom stereocenters. The SMILES string of the molecule is FC1=CC(c2ccc3c4ccccc4c4ccccc4c3c2)NC(c2cccc3c2Sc2ccccc2S3)C1. The van der Waals surface area contributed by atoms with E-state index < -0.39 is 0 Å². The molecule has 2 heterocycles. The van der Waals surface area contributed by atoms with Crippen LogP contribution in [0.3, 0.4) is 0 Å². The second-order valence-corrected chi connectivity index (χ2v) is 12.4. The summed E-state index contributed by atoms with van der Waals surface area (Å²) in [5.74, 6) is -0.0568. The number of nitrogens with one attached hydrogen (secondary N) is 1. The zero-order valence-corrected chi connectivity index (χ0v) is 22.7. The molecule has 0 spiro atoms. The first kappa shape index (κ1) is 23.3. The lowest BCUT2D eigenvalue weighted by Gasteiger charge is -2.31. The summed E-state index contributed by atoms with van der Waals surface area (Å²) in [6.45, 7) is 0. The molecular weight excluding hydrogens is 518 g/mol. The van der Waals surface area contributed by atoms with Gasteiger partial charge in [-0.25, -0.2) is 4.39 Å². The van der Waals surface area contributed by atoms with Crippen LogP contribution in [0.15, 0.2) is 141 Å². The van der Waals surface area contributed by atoms with Crippen LogP contribution in [0.4, 0.5) is 4.39 Å². The third-order valence-corrected chi connectivity index (χ3v) is 10.6. The predicted octanol–water partition coefficient (Wildman–Crippen LogP) is 10.4. The van der Waals surface area contributed by atoms with Crippen molar-refractivity contribution in [2.24, 2.45) is 0 Å². The van der Waals surface area contributed by atoms with Crippen LogP contribution in [0.25, 0.3) is 32.3 Å². The van der Waals surface area contributed by atoms with Gasteiger partial charge in [-0.3, -0.25) is 5.32 Å². The number of rotatable bonds is 2. The zero-order chi connectivity index (χ0) is 25.9. The van der Waals surface area contributed by atoms with E-state index in [2.05, 4.69) is 115 Å². The van der Waals surface area contributed by atoms with Gasteiger partial charge in [-0.2, -0.15) is 0 Å². The molecule has 0 bridgehead atoms. The minimum absolute atomic E-state index is 0.0568. The molecule has 1 N–H and O–H groups in total. The molecule has 1 nitrogen and oxygen atoms in total. The molecule has 2 atom stereocenters. The minimum Gasteiger partial charge on any atom is -0.299 e. The fourth-order valence-electron chi connectivity index (χ4n) is 6.12. The topological polar surface area (TPSA) is 12.0 Å². The van der Waals surface area contributed by atoms with E-state index >= 15 is 4.39 Å². The molecule has 0 saturated heterocycles. The summed E-state index contributed by atoms with van der Waals surface area (Å²) < 4.78 is 15.3. The standard InChI is InChI=1S/C35H24FNS2/c36-22-19-30(37-31(20-22)28-12-7-15-34-35(28)39-33-14-6-5-13-32(33)38-34)21-16-17-27-25-10-2-1-8-23(25)24-9-3-4-11-26(24)29(27)18-21/h1-19,30-31,37H,20H2. The lowest BCUT2D eigenvalue weighted by atomic mass is 9.90. The van der Waals surface area contributed by atoms with Gasteiger partial charge in [0.05, 0.1) is 11.9 Å². The first-order chi connectivity index (χ1) is 19.2. The molecule has 0 aliphatic carbocycles. The number of benzene rings is 6. The Kier molecular flexibility index (Phi) is 5.54. The highest BCUT2D eigenvalue weighted by Gasteiger charge is 2.29. The molecule has 6 aromatic carbocycles. The first-order valence-electron chi connectivity index (χ1n) is 13.3. The van der Waals surface area contributed by atoms with Crippen LogP contribution in [0.5, 0.6) is 0 Å². The molecule has 0 radical (unpaired) electrons. The Morgan fingerprint density at radius 3 is 1.90 bits per heavy atom. The van der Waals surface area contributed by atoms with E-state index in [1.807, 2.05) is 0 Å². The molecule has 0 amide bonds. The highest BCUT2D eigenvalue weighted by molar-refractivity contribution is 8.05. The Balaban J connectivity index is 1.21. The van der Waals surface area contributed by atoms with Crippen molar-refractivity contribution < 1.29 is 4.39 Å². The average Bonchev–Trinajstić information content (AvgIpc) is 2.99. The van der Waals surface area contributed by atoms with Crippen LogP contribution in [-0.2, 0) is 0 Å². The van der Waals surface area contributed by atoms with Crippen LogP contribution >= 0.6 is 23.5 Å². The summed E-state index contributed by atoms with van der Waals surface area (Å²) in [6.07, 6.45) is 2.12. The van der Waals surface area contributed by atoms with Gasteiger partial charge in [0.1, 0.15) is 0 Å². The Hall–Kier alpha value is -3.57. The summed E-state index contributed by atoms with van der Waals surface area (Å²) in [5, 5.41) is 11.2.